The molecule has 43 heavy (non-hydrogen) atoms. The van der Waals surface area contributed by atoms with Crippen molar-refractivity contribution in [1.29, 1.82) is 0 Å². The molecule has 234 valence electrons. The molecule has 1 aliphatic heterocycles. The number of carbonyl (C=O) groups excluding carboxylic acids is 1. The van der Waals surface area contributed by atoms with Gasteiger partial charge in [-0.15, -0.1) is 23.4 Å². The monoisotopic (exact) mass is 647 g/mol. The Bertz CT molecular complexity index is 1510. The summed E-state index contributed by atoms with van der Waals surface area (Å²) in [6.45, 7) is -0.834. The van der Waals surface area contributed by atoms with E-state index in [-0.39, 0.29) is 31.4 Å². The van der Waals surface area contributed by atoms with Gasteiger partial charge in [0.05, 0.1) is 16.3 Å². The summed E-state index contributed by atoms with van der Waals surface area (Å²) >= 11 is 5.87. The molecule has 0 saturated heterocycles. The largest absolute Gasteiger partial charge is 0.573 e. The SMILES string of the molecule is Nc1cc(C(F)(F)F)c2nc1-c1nnc(o1)[C@@](O)(C(F)(F)F)CCCCCN(Cc1ccc(OC(F)(F)F)c(Cl)c1)C2=O. The minimum atomic E-state index is -5.29. The number of amides is 1. The fourth-order valence-corrected chi connectivity index (χ4v) is 4.51. The second-order valence-corrected chi connectivity index (χ2v) is 9.85. The van der Waals surface area contributed by atoms with Gasteiger partial charge in [-0.1, -0.05) is 24.1 Å². The number of pyridine rings is 1. The molecule has 0 saturated carbocycles. The third-order valence-electron chi connectivity index (χ3n) is 6.36. The van der Waals surface area contributed by atoms with Crippen LogP contribution in [0.5, 0.6) is 5.75 Å². The highest BCUT2D eigenvalue weighted by Gasteiger charge is 2.58. The fourth-order valence-electron chi connectivity index (χ4n) is 4.27. The third kappa shape index (κ3) is 6.90. The standard InChI is InChI=1S/C24H19ClF9N5O4/c25-13-8-11(4-5-15(13)43-24(32,33)34)10-39-7-3-1-2-6-21(41,23(29,30)31)20-38-37-18(42-20)17-14(35)9-12(22(26,27)28)16(36-17)19(39)40/h4-5,8-9,41H,1-3,6-7,10,35H2/t21-/m1/s1. The summed E-state index contributed by atoms with van der Waals surface area (Å²) in [7, 11) is 0. The van der Waals surface area contributed by atoms with Crippen LogP contribution in [0.25, 0.3) is 11.6 Å². The minimum Gasteiger partial charge on any atom is -0.416 e. The number of carbonyl (C=O) groups is 1. The van der Waals surface area contributed by atoms with E-state index in [4.69, 9.17) is 21.8 Å². The number of nitrogens with two attached hydrogens (primary N) is 1. The van der Waals surface area contributed by atoms with Crippen molar-refractivity contribution in [2.24, 2.45) is 0 Å². The highest BCUT2D eigenvalue weighted by molar-refractivity contribution is 6.32. The molecule has 1 aliphatic rings. The van der Waals surface area contributed by atoms with Crippen molar-refractivity contribution in [3.8, 4) is 17.3 Å². The summed E-state index contributed by atoms with van der Waals surface area (Å²) in [6, 6.07) is 3.24. The van der Waals surface area contributed by atoms with Crippen molar-refractivity contribution in [2.75, 3.05) is 12.3 Å². The summed E-state index contributed by atoms with van der Waals surface area (Å²) < 4.78 is 130. The Morgan fingerprint density at radius 3 is 2.33 bits per heavy atom. The van der Waals surface area contributed by atoms with Gasteiger partial charge in [0, 0.05) is 13.1 Å². The van der Waals surface area contributed by atoms with Gasteiger partial charge < -0.3 is 24.9 Å². The van der Waals surface area contributed by atoms with Gasteiger partial charge in [0.2, 0.25) is 5.60 Å². The van der Waals surface area contributed by atoms with Crippen LogP contribution in [0.15, 0.2) is 28.7 Å². The number of aromatic nitrogens is 3. The first kappa shape index (κ1) is 32.1. The molecule has 3 heterocycles. The normalized spacial score (nSPS) is 18.9. The molecule has 1 aromatic carbocycles. The molecule has 0 radical (unpaired) electrons. The summed E-state index contributed by atoms with van der Waals surface area (Å²) in [4.78, 5) is 18.1. The zero-order valence-corrected chi connectivity index (χ0v) is 22.1. The van der Waals surface area contributed by atoms with Crippen LogP contribution in [0.2, 0.25) is 5.02 Å². The predicted molar refractivity (Wildman–Crippen MR) is 128 cm³/mol. The molecule has 9 nitrogen and oxygen atoms in total. The van der Waals surface area contributed by atoms with Crippen LogP contribution in [-0.4, -0.2) is 50.2 Å². The summed E-state index contributed by atoms with van der Waals surface area (Å²) in [5, 5.41) is 16.6. The lowest BCUT2D eigenvalue weighted by Gasteiger charge is -2.28. The summed E-state index contributed by atoms with van der Waals surface area (Å²) in [6.07, 6.45) is -16.9. The molecule has 2 aromatic heterocycles. The third-order valence-corrected chi connectivity index (χ3v) is 6.65. The maximum absolute atomic E-state index is 14.0. The number of hydrogen-bond donors (Lipinski definition) is 2. The van der Waals surface area contributed by atoms with Crippen LogP contribution in [0.1, 0.15) is 53.2 Å². The molecule has 3 N–H and O–H groups in total. The van der Waals surface area contributed by atoms with E-state index in [0.29, 0.717) is 6.07 Å². The quantitative estimate of drug-likeness (QED) is 0.320. The van der Waals surface area contributed by atoms with E-state index in [1.54, 1.807) is 0 Å². The first-order valence-corrected chi connectivity index (χ1v) is 12.5. The van der Waals surface area contributed by atoms with Crippen LogP contribution in [0, 0.1) is 0 Å². The molecule has 0 unspecified atom stereocenters. The number of benzene rings is 1. The molecule has 3 aromatic rings. The smallest absolute Gasteiger partial charge is 0.416 e. The second-order valence-electron chi connectivity index (χ2n) is 9.44. The maximum atomic E-state index is 14.0. The number of halogens is 10. The lowest BCUT2D eigenvalue weighted by atomic mass is 9.95. The average Bonchev–Trinajstić information content (AvgIpc) is 3.37. The number of nitrogen functional groups attached to an aromatic ring is 1. The Balaban J connectivity index is 1.81. The average molecular weight is 648 g/mol. The molecule has 0 aliphatic carbocycles. The molecular weight excluding hydrogens is 629 g/mol. The Kier molecular flexibility index (Phi) is 8.49. The molecule has 1 atom stereocenters. The van der Waals surface area contributed by atoms with Crippen LogP contribution in [0.3, 0.4) is 0 Å². The number of fused-ring (bicyclic) bond motifs is 5. The van der Waals surface area contributed by atoms with Crippen molar-refractivity contribution < 1.29 is 58.6 Å². The Labute approximate surface area is 240 Å². The Morgan fingerprint density at radius 1 is 1.02 bits per heavy atom. The Hall–Kier alpha value is -3.80. The number of alkyl halides is 9. The van der Waals surface area contributed by atoms with Crippen molar-refractivity contribution in [2.45, 2.75) is 56.5 Å². The van der Waals surface area contributed by atoms with Crippen LogP contribution in [0.4, 0.5) is 45.2 Å². The van der Waals surface area contributed by atoms with Crippen molar-refractivity contribution >= 4 is 23.2 Å². The fraction of sp³-hybridized carbons (Fsp3) is 0.417. The van der Waals surface area contributed by atoms with E-state index >= 15 is 0 Å². The Morgan fingerprint density at radius 2 is 1.72 bits per heavy atom. The molecular formula is C24H19ClF9N5O4. The molecule has 4 bridgehead atoms. The van der Waals surface area contributed by atoms with Gasteiger partial charge in [-0.25, -0.2) is 4.98 Å². The van der Waals surface area contributed by atoms with Gasteiger partial charge in [0.1, 0.15) is 11.4 Å². The van der Waals surface area contributed by atoms with Crippen molar-refractivity contribution in [3.05, 3.63) is 52.0 Å². The minimum absolute atomic E-state index is 0.0607. The molecule has 0 fully saturated rings. The zero-order chi connectivity index (χ0) is 32.0. The van der Waals surface area contributed by atoms with Crippen LogP contribution in [-0.2, 0) is 18.3 Å². The number of anilines is 1. The number of hydrogen-bond acceptors (Lipinski definition) is 8. The van der Waals surface area contributed by atoms with E-state index in [9.17, 15) is 49.4 Å². The summed E-state index contributed by atoms with van der Waals surface area (Å²) in [5.41, 5.74) is -2.19. The van der Waals surface area contributed by atoms with Crippen molar-refractivity contribution in [3.63, 3.8) is 0 Å². The van der Waals surface area contributed by atoms with Gasteiger partial charge >= 0.3 is 18.7 Å². The highest BCUT2D eigenvalue weighted by Crippen LogP contribution is 2.44. The number of aliphatic hydroxyl groups is 1. The van der Waals surface area contributed by atoms with Gasteiger partial charge in [-0.3, -0.25) is 4.79 Å². The highest BCUT2D eigenvalue weighted by atomic mass is 35.5. The zero-order valence-electron chi connectivity index (χ0n) is 21.4. The number of rotatable bonds is 3. The lowest BCUT2D eigenvalue weighted by Crippen LogP contribution is -2.42. The molecule has 4 rings (SSSR count). The second kappa shape index (κ2) is 11.4. The summed E-state index contributed by atoms with van der Waals surface area (Å²) in [5.74, 6) is -4.26. The van der Waals surface area contributed by atoms with Crippen molar-refractivity contribution in [1.82, 2.24) is 20.1 Å². The molecule has 19 heteroatoms. The first-order chi connectivity index (χ1) is 19.8. The lowest BCUT2D eigenvalue weighted by molar-refractivity contribution is -0.277. The van der Waals surface area contributed by atoms with Gasteiger partial charge in [-0.05, 0) is 43.0 Å². The predicted octanol–water partition coefficient (Wildman–Crippen LogP) is 6.25. The molecule has 0 spiro atoms. The van der Waals surface area contributed by atoms with E-state index in [0.717, 1.165) is 23.1 Å². The van der Waals surface area contributed by atoms with E-state index in [2.05, 4.69) is 19.9 Å². The molecule has 1 amide bonds. The number of ether oxygens (including phenoxy) is 1. The van der Waals surface area contributed by atoms with Gasteiger partial charge in [0.25, 0.3) is 17.7 Å². The van der Waals surface area contributed by atoms with Gasteiger partial charge in [0.15, 0.2) is 5.69 Å². The maximum Gasteiger partial charge on any atom is 0.573 e. The topological polar surface area (TPSA) is 128 Å². The van der Waals surface area contributed by atoms with Gasteiger partial charge in [-0.2, -0.15) is 26.3 Å². The first-order valence-electron chi connectivity index (χ1n) is 12.1. The van der Waals surface area contributed by atoms with Crippen LogP contribution >= 0.6 is 11.6 Å². The van der Waals surface area contributed by atoms with E-state index in [1.165, 1.54) is 0 Å². The number of nitrogens with zero attached hydrogens (tertiary/aromatic N) is 4. The van der Waals surface area contributed by atoms with E-state index in [1.807, 2.05) is 0 Å². The van der Waals surface area contributed by atoms with Crippen LogP contribution < -0.4 is 10.5 Å². The van der Waals surface area contributed by atoms with E-state index < -0.39 is 88.4 Å².